The van der Waals surface area contributed by atoms with Gasteiger partial charge in [-0.05, 0) is 31.4 Å². The number of nitrogens with one attached hydrogen (secondary N) is 2. The van der Waals surface area contributed by atoms with E-state index in [1.54, 1.807) is 12.4 Å². The van der Waals surface area contributed by atoms with Crippen LogP contribution < -0.4 is 15.5 Å². The molecule has 32 heavy (non-hydrogen) atoms. The van der Waals surface area contributed by atoms with Crippen LogP contribution in [0.15, 0.2) is 53.8 Å². The summed E-state index contributed by atoms with van der Waals surface area (Å²) in [5.74, 6) is 1.81. The van der Waals surface area contributed by atoms with Gasteiger partial charge in [-0.2, -0.15) is 0 Å². The molecule has 0 bridgehead atoms. The fraction of sp³-hybridized carbons (Fsp3) is 0.542. The minimum absolute atomic E-state index is 0. The Hall–Kier alpha value is -1.94. The van der Waals surface area contributed by atoms with Gasteiger partial charge in [0.25, 0.3) is 0 Å². The van der Waals surface area contributed by atoms with E-state index in [0.717, 1.165) is 44.6 Å². The second-order valence-electron chi connectivity index (χ2n) is 8.69. The molecule has 2 aliphatic rings. The van der Waals surface area contributed by atoms with Crippen molar-refractivity contribution in [1.29, 1.82) is 0 Å². The minimum atomic E-state index is 0. The summed E-state index contributed by atoms with van der Waals surface area (Å²) in [5, 5.41) is 7.66. The van der Waals surface area contributed by atoms with Gasteiger partial charge in [0, 0.05) is 63.7 Å². The summed E-state index contributed by atoms with van der Waals surface area (Å²) in [7, 11) is 1.89. The molecule has 0 spiro atoms. The van der Waals surface area contributed by atoms with Crippen molar-refractivity contribution < 1.29 is 0 Å². The summed E-state index contributed by atoms with van der Waals surface area (Å²) in [4.78, 5) is 18.0. The van der Waals surface area contributed by atoms with Gasteiger partial charge in [0.1, 0.15) is 0 Å². The number of nitrogens with zero attached hydrogens (tertiary/aromatic N) is 5. The zero-order valence-electron chi connectivity index (χ0n) is 19.2. The number of hydrogen-bond acceptors (Lipinski definition) is 5. The number of aromatic nitrogens is 2. The number of anilines is 1. The van der Waals surface area contributed by atoms with Gasteiger partial charge in [-0.1, -0.05) is 43.2 Å². The van der Waals surface area contributed by atoms with E-state index in [9.17, 15) is 0 Å². The van der Waals surface area contributed by atoms with E-state index in [0.29, 0.717) is 6.04 Å². The molecule has 2 heterocycles. The summed E-state index contributed by atoms with van der Waals surface area (Å²) in [6.45, 7) is 6.81. The number of guanidine groups is 1. The summed E-state index contributed by atoms with van der Waals surface area (Å²) < 4.78 is 0. The molecule has 1 aliphatic heterocycles. The number of rotatable bonds is 6. The third kappa shape index (κ3) is 6.10. The number of aliphatic imine (C=N–C) groups is 1. The Labute approximate surface area is 209 Å². The van der Waals surface area contributed by atoms with Crippen LogP contribution in [-0.2, 0) is 0 Å². The highest BCUT2D eigenvalue weighted by Crippen LogP contribution is 2.32. The molecule has 1 atom stereocenters. The smallest absolute Gasteiger partial charge is 0.225 e. The van der Waals surface area contributed by atoms with Gasteiger partial charge in [-0.3, -0.25) is 4.99 Å². The highest BCUT2D eigenvalue weighted by atomic mass is 127. The van der Waals surface area contributed by atoms with Crippen molar-refractivity contribution in [2.75, 3.05) is 44.7 Å². The Balaban J connectivity index is 0.00000289. The van der Waals surface area contributed by atoms with Crippen LogP contribution in [0.1, 0.15) is 44.2 Å². The molecule has 174 valence electrons. The first kappa shape index (κ1) is 24.7. The number of hydrogen-bond donors (Lipinski definition) is 2. The topological polar surface area (TPSA) is 68.7 Å². The average molecular weight is 550 g/mol. The number of piperazine rings is 1. The van der Waals surface area contributed by atoms with Crippen LogP contribution in [0.4, 0.5) is 5.95 Å². The zero-order chi connectivity index (χ0) is 21.5. The first-order chi connectivity index (χ1) is 15.2. The van der Waals surface area contributed by atoms with Gasteiger partial charge in [-0.25, -0.2) is 9.97 Å². The molecular formula is C24H36IN7. The number of benzene rings is 1. The van der Waals surface area contributed by atoms with Crippen molar-refractivity contribution in [2.45, 2.75) is 44.2 Å². The maximum Gasteiger partial charge on any atom is 0.225 e. The van der Waals surface area contributed by atoms with E-state index in [4.69, 9.17) is 0 Å². The summed E-state index contributed by atoms with van der Waals surface area (Å²) >= 11 is 0. The van der Waals surface area contributed by atoms with Gasteiger partial charge < -0.3 is 20.4 Å². The highest BCUT2D eigenvalue weighted by Gasteiger charge is 2.35. The molecule has 2 aromatic rings. The third-order valence-corrected chi connectivity index (χ3v) is 6.59. The molecule has 4 rings (SSSR count). The lowest BCUT2D eigenvalue weighted by atomic mass is 9.94. The highest BCUT2D eigenvalue weighted by molar-refractivity contribution is 14.0. The second kappa shape index (κ2) is 11.8. The third-order valence-electron chi connectivity index (χ3n) is 6.59. The first-order valence-electron chi connectivity index (χ1n) is 11.5. The van der Waals surface area contributed by atoms with E-state index in [-0.39, 0.29) is 29.5 Å². The minimum Gasteiger partial charge on any atom is -0.354 e. The quantitative estimate of drug-likeness (QED) is 0.327. The van der Waals surface area contributed by atoms with Gasteiger partial charge in [0.05, 0.1) is 0 Å². The summed E-state index contributed by atoms with van der Waals surface area (Å²) in [6, 6.07) is 12.9. The van der Waals surface area contributed by atoms with Crippen LogP contribution in [0.25, 0.3) is 0 Å². The molecule has 0 amide bonds. The van der Waals surface area contributed by atoms with Gasteiger partial charge in [-0.15, -0.1) is 24.0 Å². The fourth-order valence-corrected chi connectivity index (χ4v) is 4.86. The second-order valence-corrected chi connectivity index (χ2v) is 8.69. The van der Waals surface area contributed by atoms with Crippen LogP contribution in [0.2, 0.25) is 0 Å². The predicted molar refractivity (Wildman–Crippen MR) is 142 cm³/mol. The lowest BCUT2D eigenvalue weighted by molar-refractivity contribution is 0.289. The fourth-order valence-electron chi connectivity index (χ4n) is 4.86. The van der Waals surface area contributed by atoms with E-state index >= 15 is 0 Å². The lowest BCUT2D eigenvalue weighted by Crippen LogP contribution is -2.57. The maximum atomic E-state index is 4.59. The van der Waals surface area contributed by atoms with Gasteiger partial charge in [0.15, 0.2) is 5.96 Å². The lowest BCUT2D eigenvalue weighted by Gasteiger charge is -2.39. The molecule has 1 saturated carbocycles. The van der Waals surface area contributed by atoms with Crippen LogP contribution in [0, 0.1) is 0 Å². The van der Waals surface area contributed by atoms with Crippen LogP contribution in [0.3, 0.4) is 0 Å². The Morgan fingerprint density at radius 2 is 1.69 bits per heavy atom. The molecule has 1 unspecified atom stereocenters. The Morgan fingerprint density at radius 1 is 1.03 bits per heavy atom. The molecule has 7 nitrogen and oxygen atoms in total. The van der Waals surface area contributed by atoms with E-state index in [1.165, 1.54) is 31.2 Å². The SMILES string of the molecule is CN=C(NCC1(NC(C)c2ccccc2)CCCC1)N1CCN(c2ncccn2)CC1.I. The van der Waals surface area contributed by atoms with Crippen LogP contribution in [0.5, 0.6) is 0 Å². The standard InChI is InChI=1S/C24H35N7.HI/c1-20(21-9-4-3-5-10-21)29-24(11-6-7-12-24)19-28-22(25-2)30-15-17-31(18-16-30)23-26-13-8-14-27-23;/h3-5,8-10,13-14,20,29H,6-7,11-12,15-19H2,1-2H3,(H,25,28);1H. The molecule has 2 N–H and O–H groups in total. The van der Waals surface area contributed by atoms with Crippen molar-refractivity contribution in [2.24, 2.45) is 4.99 Å². The van der Waals surface area contributed by atoms with Crippen LogP contribution >= 0.6 is 24.0 Å². The molecule has 1 saturated heterocycles. The van der Waals surface area contributed by atoms with E-state index in [1.807, 2.05) is 13.1 Å². The van der Waals surface area contributed by atoms with E-state index in [2.05, 4.69) is 72.6 Å². The molecular weight excluding hydrogens is 513 g/mol. The average Bonchev–Trinajstić information content (AvgIpc) is 3.29. The summed E-state index contributed by atoms with van der Waals surface area (Å²) in [5.41, 5.74) is 1.46. The molecule has 2 fully saturated rings. The van der Waals surface area contributed by atoms with Crippen molar-refractivity contribution in [1.82, 2.24) is 25.5 Å². The summed E-state index contributed by atoms with van der Waals surface area (Å²) in [6.07, 6.45) is 8.58. The molecule has 8 heteroatoms. The van der Waals surface area contributed by atoms with Crippen molar-refractivity contribution in [3.05, 3.63) is 54.4 Å². The Morgan fingerprint density at radius 3 is 2.31 bits per heavy atom. The van der Waals surface area contributed by atoms with Gasteiger partial charge >= 0.3 is 0 Å². The van der Waals surface area contributed by atoms with Crippen molar-refractivity contribution in [3.8, 4) is 0 Å². The normalized spacial score (nSPS) is 19.4. The van der Waals surface area contributed by atoms with E-state index < -0.39 is 0 Å². The Kier molecular flexibility index (Phi) is 9.10. The largest absolute Gasteiger partial charge is 0.354 e. The number of halogens is 1. The zero-order valence-corrected chi connectivity index (χ0v) is 21.5. The first-order valence-corrected chi connectivity index (χ1v) is 11.5. The predicted octanol–water partition coefficient (Wildman–Crippen LogP) is 3.46. The van der Waals surface area contributed by atoms with Crippen molar-refractivity contribution in [3.63, 3.8) is 0 Å². The Bertz CT molecular complexity index is 832. The monoisotopic (exact) mass is 549 g/mol. The van der Waals surface area contributed by atoms with Gasteiger partial charge in [0.2, 0.25) is 5.95 Å². The molecule has 0 radical (unpaired) electrons. The molecule has 1 aliphatic carbocycles. The molecule has 1 aromatic heterocycles. The molecule has 1 aromatic carbocycles. The van der Waals surface area contributed by atoms with Crippen molar-refractivity contribution >= 4 is 35.9 Å². The maximum absolute atomic E-state index is 4.59. The van der Waals surface area contributed by atoms with Crippen LogP contribution in [-0.4, -0.2) is 66.1 Å².